The van der Waals surface area contributed by atoms with Crippen LogP contribution >= 0.6 is 0 Å². The number of sulfonamides is 1. The van der Waals surface area contributed by atoms with Crippen molar-refractivity contribution in [2.75, 3.05) is 76.8 Å². The lowest BCUT2D eigenvalue weighted by Crippen LogP contribution is -2.47. The zero-order valence-electron chi connectivity index (χ0n) is 29.5. The van der Waals surface area contributed by atoms with Crippen molar-refractivity contribution in [1.29, 1.82) is 0 Å². The molecule has 1 saturated heterocycles. The molecule has 2 aliphatic rings. The summed E-state index contributed by atoms with van der Waals surface area (Å²) in [6.45, 7) is 7.17. The van der Waals surface area contributed by atoms with E-state index in [9.17, 15) is 21.6 Å². The molecule has 0 aromatic heterocycles. The molecule has 1 N–H and O–H groups in total. The van der Waals surface area contributed by atoms with Gasteiger partial charge in [-0.2, -0.15) is 21.8 Å². The first-order valence-electron chi connectivity index (χ1n) is 17.3. The predicted molar refractivity (Wildman–Crippen MR) is 194 cm³/mol. The quantitative estimate of drug-likeness (QED) is 0.391. The summed E-state index contributed by atoms with van der Waals surface area (Å²) < 4.78 is 61.4. The summed E-state index contributed by atoms with van der Waals surface area (Å²) >= 11 is 0. The molecule has 13 heteroatoms. The van der Waals surface area contributed by atoms with Crippen LogP contribution in [0.1, 0.15) is 64.4 Å². The molecule has 2 fully saturated rings. The lowest BCUT2D eigenvalue weighted by Gasteiger charge is -2.33. The van der Waals surface area contributed by atoms with E-state index in [-0.39, 0.29) is 36.4 Å². The van der Waals surface area contributed by atoms with Crippen LogP contribution in [-0.4, -0.2) is 103 Å². The van der Waals surface area contributed by atoms with E-state index in [2.05, 4.69) is 9.62 Å². The van der Waals surface area contributed by atoms with E-state index >= 15 is 0 Å². The summed E-state index contributed by atoms with van der Waals surface area (Å²) in [7, 11) is -2.14. The SMILES string of the molecule is CC(=O)N(C)c1ccc(CNS(=O)(=O)N2CCCN(CC3CCCCC3)CCCN(S(=O)(=O)c3ccc(N(C)C)cc3)C[C@H](C)C2)cc1. The van der Waals surface area contributed by atoms with Gasteiger partial charge in [0.05, 0.1) is 4.90 Å². The van der Waals surface area contributed by atoms with Crippen LogP contribution < -0.4 is 14.5 Å². The maximum atomic E-state index is 14.0. The maximum absolute atomic E-state index is 14.0. The van der Waals surface area contributed by atoms with Gasteiger partial charge < -0.3 is 14.7 Å². The molecule has 1 amide bonds. The fourth-order valence-corrected chi connectivity index (χ4v) is 9.64. The third-order valence-corrected chi connectivity index (χ3v) is 13.0. The van der Waals surface area contributed by atoms with Gasteiger partial charge in [0.2, 0.25) is 15.9 Å². The van der Waals surface area contributed by atoms with Gasteiger partial charge in [-0.25, -0.2) is 8.42 Å². The Kier molecular flexibility index (Phi) is 13.9. The minimum absolute atomic E-state index is 0.0845. The van der Waals surface area contributed by atoms with Crippen LogP contribution in [-0.2, 0) is 31.6 Å². The molecule has 0 unspecified atom stereocenters. The highest BCUT2D eigenvalue weighted by Gasteiger charge is 2.30. The van der Waals surface area contributed by atoms with Crippen molar-refractivity contribution in [1.82, 2.24) is 18.2 Å². The summed E-state index contributed by atoms with van der Waals surface area (Å²) in [4.78, 5) is 17.9. The minimum Gasteiger partial charge on any atom is -0.378 e. The van der Waals surface area contributed by atoms with E-state index in [4.69, 9.17) is 0 Å². The van der Waals surface area contributed by atoms with Crippen molar-refractivity contribution in [3.05, 3.63) is 54.1 Å². The van der Waals surface area contributed by atoms with Crippen LogP contribution in [0.2, 0.25) is 0 Å². The number of benzene rings is 2. The third-order valence-electron chi connectivity index (χ3n) is 9.62. The van der Waals surface area contributed by atoms with Crippen molar-refractivity contribution < 1.29 is 21.6 Å². The third kappa shape index (κ3) is 10.7. The number of hydrogen-bond acceptors (Lipinski definition) is 7. The number of amides is 1. The Morgan fingerprint density at radius 1 is 0.771 bits per heavy atom. The molecule has 2 aromatic carbocycles. The number of nitrogens with zero attached hydrogens (tertiary/aromatic N) is 5. The molecule has 1 heterocycles. The summed E-state index contributed by atoms with van der Waals surface area (Å²) in [6.07, 6.45) is 7.65. The first-order chi connectivity index (χ1) is 22.8. The average molecular weight is 705 g/mol. The Labute approximate surface area is 289 Å². The van der Waals surface area contributed by atoms with Gasteiger partial charge >= 0.3 is 0 Å². The van der Waals surface area contributed by atoms with Crippen LogP contribution in [0, 0.1) is 11.8 Å². The first-order valence-corrected chi connectivity index (χ1v) is 20.2. The smallest absolute Gasteiger partial charge is 0.279 e. The number of rotatable bonds is 10. The van der Waals surface area contributed by atoms with E-state index in [0.29, 0.717) is 25.4 Å². The van der Waals surface area contributed by atoms with Crippen LogP contribution in [0.25, 0.3) is 0 Å². The largest absolute Gasteiger partial charge is 0.378 e. The number of carbonyl (C=O) groups is 1. The van der Waals surface area contributed by atoms with Gasteiger partial charge in [0.15, 0.2) is 0 Å². The topological polar surface area (TPSA) is 114 Å². The van der Waals surface area contributed by atoms with E-state index in [1.165, 1.54) is 48.2 Å². The fourth-order valence-electron chi connectivity index (χ4n) is 6.69. The number of carbonyl (C=O) groups excluding carboxylic acids is 1. The predicted octanol–water partition coefficient (Wildman–Crippen LogP) is 4.37. The molecule has 268 valence electrons. The Hall–Kier alpha value is -2.55. The second-order valence-electron chi connectivity index (χ2n) is 13.8. The van der Waals surface area contributed by atoms with Crippen molar-refractivity contribution >= 4 is 37.5 Å². The minimum atomic E-state index is -3.88. The van der Waals surface area contributed by atoms with Gasteiger partial charge in [-0.15, -0.1) is 0 Å². The highest BCUT2D eigenvalue weighted by molar-refractivity contribution is 7.89. The van der Waals surface area contributed by atoms with E-state index in [1.807, 2.05) is 50.2 Å². The number of anilines is 2. The number of nitrogens with one attached hydrogen (secondary N) is 1. The molecule has 1 saturated carbocycles. The van der Waals surface area contributed by atoms with Gasteiger partial charge in [0.25, 0.3) is 10.2 Å². The van der Waals surface area contributed by atoms with E-state index < -0.39 is 20.2 Å². The summed E-state index contributed by atoms with van der Waals surface area (Å²) in [5, 5.41) is 0. The van der Waals surface area contributed by atoms with Gasteiger partial charge in [-0.05, 0) is 92.6 Å². The summed E-state index contributed by atoms with van der Waals surface area (Å²) in [5.41, 5.74) is 2.43. The molecule has 4 rings (SSSR count). The van der Waals surface area contributed by atoms with Gasteiger partial charge in [-0.3, -0.25) is 4.79 Å². The zero-order chi connectivity index (χ0) is 34.9. The highest BCUT2D eigenvalue weighted by atomic mass is 32.2. The molecule has 1 atom stereocenters. The highest BCUT2D eigenvalue weighted by Crippen LogP contribution is 2.26. The molecule has 0 radical (unpaired) electrons. The Morgan fingerprint density at radius 2 is 1.33 bits per heavy atom. The Morgan fingerprint density at radius 3 is 1.92 bits per heavy atom. The first kappa shape index (κ1) is 38.3. The standard InChI is InChI=1S/C35H56N6O5S2/c1-29-26-40(47(43,44)35-19-17-33(18-20-35)37(3)4)23-9-21-39(28-32-11-7-6-8-12-32)22-10-24-41(27-29)48(45,46)36-25-31-13-15-34(16-14-31)38(5)30(2)42/h13-20,29,32,36H,6-12,21-28H2,1-5H3/t29-/m0/s1. The molecule has 11 nitrogen and oxygen atoms in total. The maximum Gasteiger partial charge on any atom is 0.279 e. The van der Waals surface area contributed by atoms with Crippen molar-refractivity contribution in [2.45, 2.75) is 70.2 Å². The Balaban J connectivity index is 1.53. The summed E-state index contributed by atoms with van der Waals surface area (Å²) in [5.74, 6) is 0.306. The molecule has 1 aliphatic carbocycles. The Bertz CT molecular complexity index is 1530. The molecule has 1 aliphatic heterocycles. The van der Waals surface area contributed by atoms with Crippen molar-refractivity contribution in [3.63, 3.8) is 0 Å². The number of hydrogen-bond donors (Lipinski definition) is 1. The lowest BCUT2D eigenvalue weighted by molar-refractivity contribution is -0.116. The van der Waals surface area contributed by atoms with E-state index in [0.717, 1.165) is 43.0 Å². The normalized spacial score (nSPS) is 20.5. The zero-order valence-corrected chi connectivity index (χ0v) is 31.1. The van der Waals surface area contributed by atoms with Crippen molar-refractivity contribution in [2.24, 2.45) is 11.8 Å². The van der Waals surface area contributed by atoms with Crippen LogP contribution in [0.15, 0.2) is 53.4 Å². The van der Waals surface area contributed by atoms with E-state index in [1.54, 1.807) is 35.6 Å². The van der Waals surface area contributed by atoms with Crippen LogP contribution in [0.4, 0.5) is 11.4 Å². The van der Waals surface area contributed by atoms with Gasteiger partial charge in [0.1, 0.15) is 0 Å². The molecular formula is C35H56N6O5S2. The lowest BCUT2D eigenvalue weighted by atomic mass is 9.89. The van der Waals surface area contributed by atoms with Crippen LogP contribution in [0.3, 0.4) is 0 Å². The molecule has 2 aromatic rings. The fraction of sp³-hybridized carbons (Fsp3) is 0.629. The second-order valence-corrected chi connectivity index (χ2v) is 17.5. The molecule has 48 heavy (non-hydrogen) atoms. The molecular weight excluding hydrogens is 649 g/mol. The monoisotopic (exact) mass is 704 g/mol. The second kappa shape index (κ2) is 17.4. The van der Waals surface area contributed by atoms with Crippen LogP contribution in [0.5, 0.6) is 0 Å². The van der Waals surface area contributed by atoms with Crippen molar-refractivity contribution in [3.8, 4) is 0 Å². The average Bonchev–Trinajstić information content (AvgIpc) is 3.06. The van der Waals surface area contributed by atoms with Gasteiger partial charge in [0, 0.05) is 78.7 Å². The summed E-state index contributed by atoms with van der Waals surface area (Å²) in [6, 6.07) is 14.2. The molecule has 0 bridgehead atoms. The van der Waals surface area contributed by atoms with Gasteiger partial charge in [-0.1, -0.05) is 38.3 Å². The molecule has 0 spiro atoms.